The van der Waals surface area contributed by atoms with E-state index in [-0.39, 0.29) is 11.7 Å². The van der Waals surface area contributed by atoms with Gasteiger partial charge in [0, 0.05) is 5.69 Å². The summed E-state index contributed by atoms with van der Waals surface area (Å²) in [5.74, 6) is 3.27. The zero-order chi connectivity index (χ0) is 24.7. The maximum absolute atomic E-state index is 12.7. The van der Waals surface area contributed by atoms with Gasteiger partial charge >= 0.3 is 0 Å². The molecule has 3 aromatic carbocycles. The first-order valence-electron chi connectivity index (χ1n) is 11.1. The summed E-state index contributed by atoms with van der Waals surface area (Å²) in [5.41, 5.74) is 1.50. The topological polar surface area (TPSA) is 91.4 Å². The van der Waals surface area contributed by atoms with Crippen molar-refractivity contribution < 1.29 is 18.7 Å². The number of hydrogen-bond donors (Lipinski definition) is 1. The Bertz CT molecular complexity index is 1420. The second kappa shape index (κ2) is 10.8. The van der Waals surface area contributed by atoms with Gasteiger partial charge in [0.15, 0.2) is 10.9 Å². The van der Waals surface area contributed by atoms with Gasteiger partial charge < -0.3 is 19.2 Å². The van der Waals surface area contributed by atoms with Crippen LogP contribution in [0.25, 0.3) is 17.3 Å². The van der Waals surface area contributed by atoms with Crippen molar-refractivity contribution in [2.75, 3.05) is 18.2 Å². The summed E-state index contributed by atoms with van der Waals surface area (Å²) in [6.07, 6.45) is 1.58. The summed E-state index contributed by atoms with van der Waals surface area (Å²) >= 11 is 1.28. The van der Waals surface area contributed by atoms with E-state index in [0.717, 1.165) is 17.2 Å². The number of nitrogens with one attached hydrogen (secondary N) is 1. The van der Waals surface area contributed by atoms with Crippen LogP contribution in [-0.4, -0.2) is 33.5 Å². The van der Waals surface area contributed by atoms with Crippen LogP contribution in [0, 0.1) is 0 Å². The lowest BCUT2D eigenvalue weighted by Gasteiger charge is -2.10. The quantitative estimate of drug-likeness (QED) is 0.247. The predicted octanol–water partition coefficient (Wildman–Crippen LogP) is 6.06. The van der Waals surface area contributed by atoms with Crippen LogP contribution in [0.5, 0.6) is 17.2 Å². The van der Waals surface area contributed by atoms with E-state index in [1.807, 2.05) is 77.4 Å². The summed E-state index contributed by atoms with van der Waals surface area (Å²) in [6.45, 7) is 0. The third-order valence-corrected chi connectivity index (χ3v) is 6.08. The largest absolute Gasteiger partial charge is 0.497 e. The third-order valence-electron chi connectivity index (χ3n) is 5.15. The average molecular weight is 499 g/mol. The molecule has 1 N–H and O–H groups in total. The molecule has 2 aromatic heterocycles. The summed E-state index contributed by atoms with van der Waals surface area (Å²) in [5, 5.41) is 12.1. The summed E-state index contributed by atoms with van der Waals surface area (Å²) in [7, 11) is 1.62. The van der Waals surface area contributed by atoms with Crippen LogP contribution in [-0.2, 0) is 4.79 Å². The van der Waals surface area contributed by atoms with Gasteiger partial charge in [0.1, 0.15) is 17.2 Å². The standard InChI is InChI=1S/C27H22N4O4S/c1-33-21-15-11-20(12-16-21)31-26(24-8-5-17-34-24)29-30-27(31)36-18-25(32)28-19-9-13-23(14-10-19)35-22-6-3-2-4-7-22/h2-17H,18H2,1H3,(H,28,32). The SMILES string of the molecule is COc1ccc(-n2c(SCC(=O)Nc3ccc(Oc4ccccc4)cc3)nnc2-c2ccco2)cc1. The molecule has 0 unspecified atom stereocenters. The Balaban J connectivity index is 1.27. The lowest BCUT2D eigenvalue weighted by Crippen LogP contribution is -2.14. The van der Waals surface area contributed by atoms with Gasteiger partial charge in [0.2, 0.25) is 11.7 Å². The molecule has 0 fully saturated rings. The molecule has 0 saturated carbocycles. The predicted molar refractivity (Wildman–Crippen MR) is 138 cm³/mol. The Labute approximate surface area is 211 Å². The maximum atomic E-state index is 12.7. The minimum absolute atomic E-state index is 0.148. The van der Waals surface area contributed by atoms with Crippen molar-refractivity contribution in [2.24, 2.45) is 0 Å². The second-order valence-corrected chi connectivity index (χ2v) is 8.54. The molecule has 0 spiro atoms. The fourth-order valence-corrected chi connectivity index (χ4v) is 4.20. The van der Waals surface area contributed by atoms with Crippen molar-refractivity contribution in [3.8, 4) is 34.5 Å². The molecule has 2 heterocycles. The number of furan rings is 1. The zero-order valence-corrected chi connectivity index (χ0v) is 20.1. The van der Waals surface area contributed by atoms with Gasteiger partial charge in [0.25, 0.3) is 0 Å². The summed E-state index contributed by atoms with van der Waals surface area (Å²) < 4.78 is 18.5. The molecule has 8 nitrogen and oxygen atoms in total. The summed E-state index contributed by atoms with van der Waals surface area (Å²) in [6, 6.07) is 27.9. The van der Waals surface area contributed by atoms with Crippen LogP contribution in [0.2, 0.25) is 0 Å². The first-order valence-corrected chi connectivity index (χ1v) is 12.1. The lowest BCUT2D eigenvalue weighted by atomic mass is 10.3. The second-order valence-electron chi connectivity index (χ2n) is 7.59. The Morgan fingerprint density at radius 2 is 1.61 bits per heavy atom. The lowest BCUT2D eigenvalue weighted by molar-refractivity contribution is -0.113. The highest BCUT2D eigenvalue weighted by molar-refractivity contribution is 7.99. The van der Waals surface area contributed by atoms with Crippen molar-refractivity contribution in [1.82, 2.24) is 14.8 Å². The van der Waals surface area contributed by atoms with Gasteiger partial charge in [-0.25, -0.2) is 0 Å². The van der Waals surface area contributed by atoms with Crippen LogP contribution in [0.1, 0.15) is 0 Å². The summed E-state index contributed by atoms with van der Waals surface area (Å²) in [4.78, 5) is 12.7. The number of carbonyl (C=O) groups is 1. The van der Waals surface area contributed by atoms with Gasteiger partial charge in [-0.2, -0.15) is 0 Å². The molecule has 5 aromatic rings. The Hall–Kier alpha value is -4.50. The number of anilines is 1. The number of thioether (sulfide) groups is 1. The highest BCUT2D eigenvalue weighted by atomic mass is 32.2. The van der Waals surface area contributed by atoms with Crippen molar-refractivity contribution in [1.29, 1.82) is 0 Å². The van der Waals surface area contributed by atoms with E-state index < -0.39 is 0 Å². The van der Waals surface area contributed by atoms with Crippen LogP contribution in [0.3, 0.4) is 0 Å². The molecule has 0 atom stereocenters. The fourth-order valence-electron chi connectivity index (χ4n) is 3.45. The Morgan fingerprint density at radius 3 is 2.31 bits per heavy atom. The molecule has 36 heavy (non-hydrogen) atoms. The van der Waals surface area contributed by atoms with Crippen LogP contribution in [0.15, 0.2) is 107 Å². The van der Waals surface area contributed by atoms with E-state index in [0.29, 0.717) is 28.2 Å². The van der Waals surface area contributed by atoms with Crippen molar-refractivity contribution in [3.63, 3.8) is 0 Å². The highest BCUT2D eigenvalue weighted by Gasteiger charge is 2.19. The number of carbonyl (C=O) groups excluding carboxylic acids is 1. The van der Waals surface area contributed by atoms with Crippen molar-refractivity contribution in [2.45, 2.75) is 5.16 Å². The average Bonchev–Trinajstić information content (AvgIpc) is 3.59. The molecule has 9 heteroatoms. The zero-order valence-electron chi connectivity index (χ0n) is 19.3. The van der Waals surface area contributed by atoms with Gasteiger partial charge in [-0.15, -0.1) is 10.2 Å². The molecule has 0 bridgehead atoms. The van der Waals surface area contributed by atoms with E-state index in [4.69, 9.17) is 13.9 Å². The molecule has 0 saturated heterocycles. The van der Waals surface area contributed by atoms with Crippen molar-refractivity contribution >= 4 is 23.4 Å². The normalized spacial score (nSPS) is 10.7. The highest BCUT2D eigenvalue weighted by Crippen LogP contribution is 2.29. The Morgan fingerprint density at radius 1 is 0.889 bits per heavy atom. The van der Waals surface area contributed by atoms with E-state index in [2.05, 4.69) is 15.5 Å². The number of aromatic nitrogens is 3. The first-order chi connectivity index (χ1) is 17.7. The first kappa shape index (κ1) is 23.3. The van der Waals surface area contributed by atoms with E-state index in [1.54, 1.807) is 31.6 Å². The number of ether oxygens (including phenoxy) is 2. The van der Waals surface area contributed by atoms with E-state index in [9.17, 15) is 4.79 Å². The minimum Gasteiger partial charge on any atom is -0.497 e. The molecule has 0 radical (unpaired) electrons. The third kappa shape index (κ3) is 5.42. The number of nitrogens with zero attached hydrogens (tertiary/aromatic N) is 3. The molecule has 1 amide bonds. The number of amides is 1. The van der Waals surface area contributed by atoms with Gasteiger partial charge in [0.05, 0.1) is 24.8 Å². The maximum Gasteiger partial charge on any atom is 0.234 e. The molecule has 0 aliphatic rings. The number of hydrogen-bond acceptors (Lipinski definition) is 7. The van der Waals surface area contributed by atoms with Crippen LogP contribution >= 0.6 is 11.8 Å². The molecular weight excluding hydrogens is 476 g/mol. The monoisotopic (exact) mass is 498 g/mol. The number of methoxy groups -OCH3 is 1. The fraction of sp³-hybridized carbons (Fsp3) is 0.0741. The van der Waals surface area contributed by atoms with Gasteiger partial charge in [-0.3, -0.25) is 9.36 Å². The van der Waals surface area contributed by atoms with Gasteiger partial charge in [-0.1, -0.05) is 30.0 Å². The molecule has 0 aliphatic heterocycles. The molecule has 5 rings (SSSR count). The van der Waals surface area contributed by atoms with E-state index >= 15 is 0 Å². The molecule has 180 valence electrons. The minimum atomic E-state index is -0.166. The molecular formula is C27H22N4O4S. The van der Waals surface area contributed by atoms with Crippen molar-refractivity contribution in [3.05, 3.63) is 97.3 Å². The van der Waals surface area contributed by atoms with Gasteiger partial charge in [-0.05, 0) is 72.8 Å². The van der Waals surface area contributed by atoms with Crippen LogP contribution < -0.4 is 14.8 Å². The molecule has 0 aliphatic carbocycles. The number of para-hydroxylation sites is 1. The Kier molecular flexibility index (Phi) is 7.00. The smallest absolute Gasteiger partial charge is 0.234 e. The number of benzene rings is 3. The van der Waals surface area contributed by atoms with E-state index in [1.165, 1.54) is 11.8 Å². The number of rotatable bonds is 9. The van der Waals surface area contributed by atoms with Crippen LogP contribution in [0.4, 0.5) is 5.69 Å².